The quantitative estimate of drug-likeness (QED) is 0.628. The van der Waals surface area contributed by atoms with Crippen LogP contribution < -0.4 is 9.47 Å². The van der Waals surface area contributed by atoms with Crippen LogP contribution in [-0.4, -0.2) is 31.6 Å². The maximum Gasteiger partial charge on any atom is 0.416 e. The van der Waals surface area contributed by atoms with Crippen LogP contribution in [0.5, 0.6) is 11.5 Å². The smallest absolute Gasteiger partial charge is 0.416 e. The zero-order valence-corrected chi connectivity index (χ0v) is 16.2. The highest BCUT2D eigenvalue weighted by Crippen LogP contribution is 2.39. The molecule has 1 aliphatic rings. The van der Waals surface area contributed by atoms with Gasteiger partial charge in [-0.1, -0.05) is 36.8 Å². The Kier molecular flexibility index (Phi) is 6.50. The van der Waals surface area contributed by atoms with Gasteiger partial charge in [-0.15, -0.1) is 0 Å². The average Bonchev–Trinajstić information content (AvgIpc) is 2.69. The molecule has 0 radical (unpaired) electrons. The van der Waals surface area contributed by atoms with Gasteiger partial charge in [0.25, 0.3) is 0 Å². The van der Waals surface area contributed by atoms with Crippen molar-refractivity contribution in [3.8, 4) is 11.5 Å². The monoisotopic (exact) mass is 393 g/mol. The highest BCUT2D eigenvalue weighted by molar-refractivity contribution is 5.44. The largest absolute Gasteiger partial charge is 0.493 e. The van der Waals surface area contributed by atoms with Crippen LogP contribution >= 0.6 is 0 Å². The molecule has 2 atom stereocenters. The molecule has 2 aromatic rings. The third-order valence-corrected chi connectivity index (χ3v) is 5.34. The number of hydrogen-bond donors (Lipinski definition) is 0. The number of methoxy groups -OCH3 is 1. The second-order valence-corrected chi connectivity index (χ2v) is 7.25. The SMILES string of the molecule is COc1ccc(C(F)(F)F)cc1OC(CC1CCCCN1C)c1ccccc1. The van der Waals surface area contributed by atoms with E-state index in [0.717, 1.165) is 37.1 Å². The van der Waals surface area contributed by atoms with E-state index in [1.165, 1.54) is 19.6 Å². The Morgan fingerprint density at radius 2 is 1.82 bits per heavy atom. The van der Waals surface area contributed by atoms with Gasteiger partial charge in [-0.25, -0.2) is 0 Å². The van der Waals surface area contributed by atoms with Gasteiger partial charge in [-0.2, -0.15) is 13.2 Å². The second-order valence-electron chi connectivity index (χ2n) is 7.25. The molecule has 3 rings (SSSR count). The topological polar surface area (TPSA) is 21.7 Å². The van der Waals surface area contributed by atoms with Crippen molar-refractivity contribution in [3.05, 3.63) is 59.7 Å². The molecule has 1 heterocycles. The molecular weight excluding hydrogens is 367 g/mol. The Balaban J connectivity index is 1.91. The van der Waals surface area contributed by atoms with Gasteiger partial charge in [0, 0.05) is 12.5 Å². The summed E-state index contributed by atoms with van der Waals surface area (Å²) in [6.45, 7) is 1.03. The van der Waals surface area contributed by atoms with Gasteiger partial charge in [-0.3, -0.25) is 0 Å². The van der Waals surface area contributed by atoms with Crippen molar-refractivity contribution in [2.45, 2.75) is 44.0 Å². The number of rotatable bonds is 6. The summed E-state index contributed by atoms with van der Waals surface area (Å²) in [5.41, 5.74) is 0.200. The molecule has 0 aromatic heterocycles. The summed E-state index contributed by atoms with van der Waals surface area (Å²) in [6.07, 6.45) is -0.697. The molecule has 2 unspecified atom stereocenters. The Morgan fingerprint density at radius 1 is 1.07 bits per heavy atom. The van der Waals surface area contributed by atoms with E-state index in [0.29, 0.717) is 18.2 Å². The first-order chi connectivity index (χ1) is 13.4. The highest BCUT2D eigenvalue weighted by Gasteiger charge is 2.32. The fourth-order valence-electron chi connectivity index (χ4n) is 3.71. The highest BCUT2D eigenvalue weighted by atomic mass is 19.4. The minimum absolute atomic E-state index is 0.115. The van der Waals surface area contributed by atoms with Gasteiger partial charge >= 0.3 is 6.18 Å². The van der Waals surface area contributed by atoms with Gasteiger partial charge in [-0.05, 0) is 50.2 Å². The maximum absolute atomic E-state index is 13.2. The van der Waals surface area contributed by atoms with Crippen LogP contribution in [-0.2, 0) is 6.18 Å². The van der Waals surface area contributed by atoms with Crippen LogP contribution in [0.3, 0.4) is 0 Å². The number of halogens is 3. The molecule has 1 fully saturated rings. The van der Waals surface area contributed by atoms with E-state index in [9.17, 15) is 13.2 Å². The van der Waals surface area contributed by atoms with Crippen molar-refractivity contribution < 1.29 is 22.6 Å². The van der Waals surface area contributed by atoms with E-state index in [4.69, 9.17) is 9.47 Å². The van der Waals surface area contributed by atoms with Crippen LogP contribution in [0.25, 0.3) is 0 Å². The third kappa shape index (κ3) is 4.98. The van der Waals surface area contributed by atoms with Gasteiger partial charge < -0.3 is 14.4 Å². The first-order valence-corrected chi connectivity index (χ1v) is 9.55. The lowest BCUT2D eigenvalue weighted by atomic mass is 9.94. The fraction of sp³-hybridized carbons (Fsp3) is 0.455. The molecule has 2 aromatic carbocycles. The van der Waals surface area contributed by atoms with Crippen LogP contribution in [0.2, 0.25) is 0 Å². The number of hydrogen-bond acceptors (Lipinski definition) is 3. The molecule has 152 valence electrons. The minimum atomic E-state index is -4.43. The summed E-state index contributed by atoms with van der Waals surface area (Å²) < 4.78 is 51.0. The van der Waals surface area contributed by atoms with Crippen molar-refractivity contribution in [1.82, 2.24) is 4.90 Å². The molecule has 0 spiro atoms. The van der Waals surface area contributed by atoms with Gasteiger partial charge in [0.15, 0.2) is 11.5 Å². The number of likely N-dealkylation sites (tertiary alicyclic amines) is 1. The average molecular weight is 393 g/mol. The Morgan fingerprint density at radius 3 is 2.46 bits per heavy atom. The standard InChI is InChI=1S/C22H26F3NO2/c1-26-13-7-6-10-18(26)15-20(16-8-4-3-5-9-16)28-21-14-17(22(23,24)25)11-12-19(21)27-2/h3-5,8-9,11-12,14,18,20H,6-7,10,13,15H2,1-2H3. The normalized spacial score (nSPS) is 19.2. The molecule has 3 nitrogen and oxygen atoms in total. The van der Waals surface area contributed by atoms with Crippen molar-refractivity contribution in [1.29, 1.82) is 0 Å². The lowest BCUT2D eigenvalue weighted by Gasteiger charge is -2.35. The number of ether oxygens (including phenoxy) is 2. The Bertz CT molecular complexity index is 764. The molecule has 0 amide bonds. The first-order valence-electron chi connectivity index (χ1n) is 9.55. The zero-order valence-electron chi connectivity index (χ0n) is 16.2. The molecule has 0 N–H and O–H groups in total. The third-order valence-electron chi connectivity index (χ3n) is 5.34. The van der Waals surface area contributed by atoms with Crippen molar-refractivity contribution in [2.75, 3.05) is 20.7 Å². The molecule has 0 aliphatic carbocycles. The van der Waals surface area contributed by atoms with Crippen molar-refractivity contribution >= 4 is 0 Å². The number of benzene rings is 2. The first kappa shape index (κ1) is 20.5. The van der Waals surface area contributed by atoms with Crippen molar-refractivity contribution in [3.63, 3.8) is 0 Å². The van der Waals surface area contributed by atoms with Gasteiger partial charge in [0.05, 0.1) is 12.7 Å². The predicted octanol–water partition coefficient (Wildman–Crippen LogP) is 5.71. The molecule has 0 saturated carbocycles. The van der Waals surface area contributed by atoms with Crippen LogP contribution in [0.4, 0.5) is 13.2 Å². The lowest BCUT2D eigenvalue weighted by Crippen LogP contribution is -2.37. The summed E-state index contributed by atoms with van der Waals surface area (Å²) in [4.78, 5) is 2.31. The summed E-state index contributed by atoms with van der Waals surface area (Å²) in [5.74, 6) is 0.413. The van der Waals surface area contributed by atoms with E-state index >= 15 is 0 Å². The van der Waals surface area contributed by atoms with E-state index in [2.05, 4.69) is 11.9 Å². The molecule has 28 heavy (non-hydrogen) atoms. The zero-order chi connectivity index (χ0) is 20.1. The predicted molar refractivity (Wildman–Crippen MR) is 103 cm³/mol. The van der Waals surface area contributed by atoms with Gasteiger partial charge in [0.2, 0.25) is 0 Å². The summed E-state index contributed by atoms with van der Waals surface area (Å²) in [6, 6.07) is 13.3. The molecule has 0 bridgehead atoms. The van der Waals surface area contributed by atoms with E-state index in [1.54, 1.807) is 0 Å². The van der Waals surface area contributed by atoms with Crippen LogP contribution in [0.15, 0.2) is 48.5 Å². The lowest BCUT2D eigenvalue weighted by molar-refractivity contribution is -0.137. The molecular formula is C22H26F3NO2. The second kappa shape index (κ2) is 8.86. The van der Waals surface area contributed by atoms with E-state index in [1.807, 2.05) is 30.3 Å². The number of alkyl halides is 3. The van der Waals surface area contributed by atoms with Crippen LogP contribution in [0, 0.1) is 0 Å². The Labute approximate surface area is 164 Å². The minimum Gasteiger partial charge on any atom is -0.493 e. The maximum atomic E-state index is 13.2. The molecule has 6 heteroatoms. The van der Waals surface area contributed by atoms with E-state index in [-0.39, 0.29) is 11.9 Å². The number of piperidine rings is 1. The fourth-order valence-corrected chi connectivity index (χ4v) is 3.71. The van der Waals surface area contributed by atoms with Crippen LogP contribution in [0.1, 0.15) is 42.9 Å². The number of nitrogens with zero attached hydrogens (tertiary/aromatic N) is 1. The van der Waals surface area contributed by atoms with Gasteiger partial charge in [0.1, 0.15) is 6.10 Å². The summed E-state index contributed by atoms with van der Waals surface area (Å²) in [7, 11) is 3.53. The molecule has 1 aliphatic heterocycles. The summed E-state index contributed by atoms with van der Waals surface area (Å²) in [5, 5.41) is 0. The summed E-state index contributed by atoms with van der Waals surface area (Å²) >= 11 is 0. The Hall–Kier alpha value is -2.21. The van der Waals surface area contributed by atoms with Crippen molar-refractivity contribution in [2.24, 2.45) is 0 Å². The van der Waals surface area contributed by atoms with E-state index < -0.39 is 11.7 Å². The molecule has 1 saturated heterocycles.